The van der Waals surface area contributed by atoms with Gasteiger partial charge in [-0.1, -0.05) is 31.4 Å². The fourth-order valence-corrected chi connectivity index (χ4v) is 1.33. The summed E-state index contributed by atoms with van der Waals surface area (Å²) in [4.78, 5) is 10.7. The summed E-state index contributed by atoms with van der Waals surface area (Å²) < 4.78 is 0. The Balaban J connectivity index is 2.40. The Kier molecular flexibility index (Phi) is 2.55. The maximum Gasteiger partial charge on any atom is 0.313 e. The van der Waals surface area contributed by atoms with E-state index in [2.05, 4.69) is 13.0 Å². The molecule has 1 N–H and O–H groups in total. The first-order chi connectivity index (χ1) is 5.61. The molecule has 2 heteroatoms. The third kappa shape index (κ3) is 1.68. The number of carbonyl (C=O) groups is 1. The van der Waals surface area contributed by atoms with Gasteiger partial charge in [-0.25, -0.2) is 0 Å². The van der Waals surface area contributed by atoms with Crippen molar-refractivity contribution in [3.63, 3.8) is 0 Å². The second kappa shape index (κ2) is 3.30. The molecule has 0 radical (unpaired) electrons. The first-order valence-electron chi connectivity index (χ1n) is 4.54. The highest BCUT2D eigenvalue weighted by Gasteiger charge is 2.50. The largest absolute Gasteiger partial charge is 0.481 e. The van der Waals surface area contributed by atoms with Gasteiger partial charge in [-0.2, -0.15) is 0 Å². The van der Waals surface area contributed by atoms with Gasteiger partial charge in [0.2, 0.25) is 0 Å². The predicted octanol–water partition coefficient (Wildman–Crippen LogP) is 2.60. The summed E-state index contributed by atoms with van der Waals surface area (Å²) in [5, 5.41) is 8.80. The van der Waals surface area contributed by atoms with Gasteiger partial charge < -0.3 is 5.11 Å². The Bertz CT molecular complexity index is 218. The molecule has 1 unspecified atom stereocenters. The van der Waals surface area contributed by atoms with E-state index >= 15 is 0 Å². The minimum absolute atomic E-state index is 0.506. The highest BCUT2D eigenvalue weighted by molar-refractivity contribution is 5.84. The summed E-state index contributed by atoms with van der Waals surface area (Å²) in [5.74, 6) is -0.676. The second-order valence-corrected chi connectivity index (χ2v) is 3.69. The molecule has 68 valence electrons. The van der Waals surface area contributed by atoms with Crippen LogP contribution < -0.4 is 0 Å². The number of rotatable bonds is 4. The quantitative estimate of drug-likeness (QED) is 0.517. The molecule has 0 aromatic rings. The van der Waals surface area contributed by atoms with Crippen LogP contribution in [-0.4, -0.2) is 11.1 Å². The molecular formula is C10H16O2. The number of aliphatic carboxylic acids is 1. The molecule has 0 amide bonds. The molecule has 2 nitrogen and oxygen atoms in total. The molecule has 1 fully saturated rings. The molecule has 1 saturated carbocycles. The molecule has 1 atom stereocenters. The van der Waals surface area contributed by atoms with Crippen LogP contribution in [0.1, 0.15) is 39.5 Å². The van der Waals surface area contributed by atoms with Crippen molar-refractivity contribution >= 4 is 5.97 Å². The van der Waals surface area contributed by atoms with Gasteiger partial charge >= 0.3 is 5.97 Å². The van der Waals surface area contributed by atoms with Crippen molar-refractivity contribution in [1.82, 2.24) is 0 Å². The minimum Gasteiger partial charge on any atom is -0.481 e. The molecule has 0 bridgehead atoms. The van der Waals surface area contributed by atoms with Crippen LogP contribution in [0.3, 0.4) is 0 Å². The first kappa shape index (κ1) is 9.30. The fraction of sp³-hybridized carbons (Fsp3) is 0.700. The second-order valence-electron chi connectivity index (χ2n) is 3.69. The molecule has 0 heterocycles. The van der Waals surface area contributed by atoms with Gasteiger partial charge in [0, 0.05) is 0 Å². The van der Waals surface area contributed by atoms with Gasteiger partial charge in [-0.15, -0.1) is 0 Å². The van der Waals surface area contributed by atoms with Crippen LogP contribution >= 0.6 is 0 Å². The molecule has 1 aliphatic carbocycles. The maximum absolute atomic E-state index is 10.7. The predicted molar refractivity (Wildman–Crippen MR) is 48.0 cm³/mol. The number of carboxylic acids is 1. The van der Waals surface area contributed by atoms with Gasteiger partial charge in [0.25, 0.3) is 0 Å². The lowest BCUT2D eigenvalue weighted by molar-refractivity contribution is -0.141. The molecule has 0 aliphatic heterocycles. The zero-order chi connectivity index (χ0) is 9.19. The van der Waals surface area contributed by atoms with E-state index in [1.54, 1.807) is 6.92 Å². The van der Waals surface area contributed by atoms with E-state index in [-0.39, 0.29) is 0 Å². The number of allylic oxidation sites excluding steroid dienone is 1. The van der Waals surface area contributed by atoms with Crippen molar-refractivity contribution in [3.05, 3.63) is 11.6 Å². The van der Waals surface area contributed by atoms with Crippen molar-refractivity contribution in [2.75, 3.05) is 0 Å². The van der Waals surface area contributed by atoms with Crippen LogP contribution in [0.2, 0.25) is 0 Å². The van der Waals surface area contributed by atoms with E-state index in [0.717, 1.165) is 18.4 Å². The van der Waals surface area contributed by atoms with Crippen molar-refractivity contribution in [1.29, 1.82) is 0 Å². The Morgan fingerprint density at radius 2 is 2.42 bits per heavy atom. The van der Waals surface area contributed by atoms with Crippen LogP contribution in [-0.2, 0) is 4.79 Å². The SMILES string of the molecule is CCCCC=C1CC1(C)C(=O)O. The number of carboxylic acid groups (broad SMARTS) is 1. The first-order valence-corrected chi connectivity index (χ1v) is 4.54. The Morgan fingerprint density at radius 3 is 2.83 bits per heavy atom. The molecule has 1 aliphatic rings. The molecule has 1 rings (SSSR count). The van der Waals surface area contributed by atoms with Crippen LogP contribution in [0.4, 0.5) is 0 Å². The van der Waals surface area contributed by atoms with Crippen molar-refractivity contribution in [2.45, 2.75) is 39.5 Å². The number of hydrogen-bond donors (Lipinski definition) is 1. The zero-order valence-corrected chi connectivity index (χ0v) is 7.76. The average molecular weight is 168 g/mol. The van der Waals surface area contributed by atoms with Crippen LogP contribution in [0, 0.1) is 5.41 Å². The Morgan fingerprint density at radius 1 is 1.75 bits per heavy atom. The van der Waals surface area contributed by atoms with Crippen LogP contribution in [0.5, 0.6) is 0 Å². The van der Waals surface area contributed by atoms with Crippen LogP contribution in [0.15, 0.2) is 11.6 Å². The zero-order valence-electron chi connectivity index (χ0n) is 7.76. The monoisotopic (exact) mass is 168 g/mol. The summed E-state index contributed by atoms with van der Waals surface area (Å²) >= 11 is 0. The molecule has 0 aromatic carbocycles. The fourth-order valence-electron chi connectivity index (χ4n) is 1.33. The average Bonchev–Trinajstić information content (AvgIpc) is 2.64. The van der Waals surface area contributed by atoms with Gasteiger partial charge in [0.05, 0.1) is 5.41 Å². The van der Waals surface area contributed by atoms with Gasteiger partial charge in [0.1, 0.15) is 0 Å². The summed E-state index contributed by atoms with van der Waals surface area (Å²) in [5.41, 5.74) is 0.608. The lowest BCUT2D eigenvalue weighted by Crippen LogP contribution is -2.09. The standard InChI is InChI=1S/C10H16O2/c1-3-4-5-6-8-7-10(8,2)9(11)12/h6H,3-5,7H2,1-2H3,(H,11,12). The van der Waals surface area contributed by atoms with E-state index in [1.807, 2.05) is 0 Å². The Hall–Kier alpha value is -0.790. The van der Waals surface area contributed by atoms with Gasteiger partial charge in [0.15, 0.2) is 0 Å². The molecule has 12 heavy (non-hydrogen) atoms. The van der Waals surface area contributed by atoms with E-state index < -0.39 is 11.4 Å². The molecular weight excluding hydrogens is 152 g/mol. The van der Waals surface area contributed by atoms with Gasteiger partial charge in [-0.3, -0.25) is 4.79 Å². The van der Waals surface area contributed by atoms with E-state index in [4.69, 9.17) is 5.11 Å². The highest BCUT2D eigenvalue weighted by Crippen LogP contribution is 2.51. The van der Waals surface area contributed by atoms with E-state index in [9.17, 15) is 4.79 Å². The van der Waals surface area contributed by atoms with E-state index in [1.165, 1.54) is 12.8 Å². The molecule has 0 aromatic heterocycles. The lowest BCUT2D eigenvalue weighted by atomic mass is 10.1. The van der Waals surface area contributed by atoms with Crippen molar-refractivity contribution < 1.29 is 9.90 Å². The molecule has 0 spiro atoms. The normalized spacial score (nSPS) is 30.7. The number of unbranched alkanes of at least 4 members (excludes halogenated alkanes) is 2. The topological polar surface area (TPSA) is 37.3 Å². The summed E-state index contributed by atoms with van der Waals surface area (Å²) in [6.45, 7) is 3.94. The van der Waals surface area contributed by atoms with Crippen molar-refractivity contribution in [3.8, 4) is 0 Å². The summed E-state index contributed by atoms with van der Waals surface area (Å²) in [6.07, 6.45) is 6.23. The summed E-state index contributed by atoms with van der Waals surface area (Å²) in [6, 6.07) is 0. The number of hydrogen-bond acceptors (Lipinski definition) is 1. The highest BCUT2D eigenvalue weighted by atomic mass is 16.4. The minimum atomic E-state index is -0.676. The van der Waals surface area contributed by atoms with Gasteiger partial charge in [-0.05, 0) is 19.8 Å². The third-order valence-electron chi connectivity index (χ3n) is 2.55. The van der Waals surface area contributed by atoms with Crippen molar-refractivity contribution in [2.24, 2.45) is 5.41 Å². The smallest absolute Gasteiger partial charge is 0.313 e. The Labute approximate surface area is 73.3 Å². The third-order valence-corrected chi connectivity index (χ3v) is 2.55. The summed E-state index contributed by atoms with van der Waals surface area (Å²) in [7, 11) is 0. The molecule has 0 saturated heterocycles. The lowest BCUT2D eigenvalue weighted by Gasteiger charge is -1.97. The maximum atomic E-state index is 10.7. The van der Waals surface area contributed by atoms with Crippen LogP contribution in [0.25, 0.3) is 0 Å². The van der Waals surface area contributed by atoms with E-state index in [0.29, 0.717) is 0 Å².